The van der Waals surface area contributed by atoms with Gasteiger partial charge < -0.3 is 15.5 Å². The van der Waals surface area contributed by atoms with Crippen LogP contribution in [0.5, 0.6) is 0 Å². The van der Waals surface area contributed by atoms with Crippen molar-refractivity contribution in [2.75, 3.05) is 7.05 Å². The van der Waals surface area contributed by atoms with Crippen LogP contribution in [-0.4, -0.2) is 24.0 Å². The number of hydrogen-bond acceptors (Lipinski definition) is 4. The predicted molar refractivity (Wildman–Crippen MR) is 64.5 cm³/mol. The number of benzene rings is 1. The third-order valence-electron chi connectivity index (χ3n) is 2.60. The van der Waals surface area contributed by atoms with E-state index in [2.05, 4.69) is 10.3 Å². The molecule has 1 unspecified atom stereocenters. The molecule has 1 amide bonds. The summed E-state index contributed by atoms with van der Waals surface area (Å²) in [5.41, 5.74) is 8.27. The Hall–Kier alpha value is -1.88. The first kappa shape index (κ1) is 11.6. The summed E-state index contributed by atoms with van der Waals surface area (Å²) in [7, 11) is 1.58. The predicted octanol–water partition coefficient (Wildman–Crippen LogP) is 0.752. The van der Waals surface area contributed by atoms with E-state index in [1.165, 1.54) is 0 Å². The minimum absolute atomic E-state index is 0.165. The van der Waals surface area contributed by atoms with Crippen LogP contribution in [0.3, 0.4) is 0 Å². The van der Waals surface area contributed by atoms with Gasteiger partial charge in [-0.05, 0) is 24.1 Å². The average molecular weight is 233 g/mol. The van der Waals surface area contributed by atoms with E-state index in [4.69, 9.17) is 10.2 Å². The zero-order chi connectivity index (χ0) is 12.4. The molecule has 0 saturated carbocycles. The van der Waals surface area contributed by atoms with Crippen LogP contribution in [0, 0.1) is 6.92 Å². The largest absolute Gasteiger partial charge is 0.441 e. The molecule has 1 atom stereocenters. The number of rotatable bonds is 3. The molecule has 17 heavy (non-hydrogen) atoms. The summed E-state index contributed by atoms with van der Waals surface area (Å²) in [6.07, 6.45) is 0.488. The number of oxazole rings is 1. The molecule has 90 valence electrons. The van der Waals surface area contributed by atoms with Crippen molar-refractivity contribution in [3.63, 3.8) is 0 Å². The third-order valence-corrected chi connectivity index (χ3v) is 2.60. The van der Waals surface area contributed by atoms with Gasteiger partial charge in [-0.1, -0.05) is 6.07 Å². The van der Waals surface area contributed by atoms with Crippen LogP contribution in [0.1, 0.15) is 11.5 Å². The monoisotopic (exact) mass is 233 g/mol. The van der Waals surface area contributed by atoms with Crippen molar-refractivity contribution in [2.24, 2.45) is 5.73 Å². The quantitative estimate of drug-likeness (QED) is 0.819. The summed E-state index contributed by atoms with van der Waals surface area (Å²) >= 11 is 0. The van der Waals surface area contributed by atoms with E-state index in [0.29, 0.717) is 12.3 Å². The number of aromatic nitrogens is 1. The topological polar surface area (TPSA) is 81.2 Å². The number of fused-ring (bicyclic) bond motifs is 1. The van der Waals surface area contributed by atoms with Crippen LogP contribution in [0.25, 0.3) is 11.1 Å². The van der Waals surface area contributed by atoms with Crippen molar-refractivity contribution in [3.8, 4) is 0 Å². The summed E-state index contributed by atoms with van der Waals surface area (Å²) < 4.78 is 5.37. The minimum atomic E-state index is -0.537. The van der Waals surface area contributed by atoms with Gasteiger partial charge in [0.15, 0.2) is 11.5 Å². The second-order valence-electron chi connectivity index (χ2n) is 3.96. The third kappa shape index (κ3) is 2.45. The first-order chi connectivity index (χ1) is 8.10. The van der Waals surface area contributed by atoms with Crippen LogP contribution in [0.15, 0.2) is 22.6 Å². The fourth-order valence-electron chi connectivity index (χ4n) is 1.75. The van der Waals surface area contributed by atoms with E-state index in [1.54, 1.807) is 14.0 Å². The van der Waals surface area contributed by atoms with Crippen LogP contribution >= 0.6 is 0 Å². The molecular formula is C12H15N3O2. The van der Waals surface area contributed by atoms with Crippen molar-refractivity contribution < 1.29 is 9.21 Å². The molecule has 1 aromatic carbocycles. The molecule has 5 nitrogen and oxygen atoms in total. The van der Waals surface area contributed by atoms with Gasteiger partial charge in [0, 0.05) is 14.0 Å². The molecule has 0 spiro atoms. The Morgan fingerprint density at radius 2 is 2.35 bits per heavy atom. The summed E-state index contributed by atoms with van der Waals surface area (Å²) in [5, 5.41) is 2.53. The lowest BCUT2D eigenvalue weighted by Crippen LogP contribution is -2.40. The highest BCUT2D eigenvalue weighted by Gasteiger charge is 2.13. The number of nitrogens with zero attached hydrogens (tertiary/aromatic N) is 1. The van der Waals surface area contributed by atoms with Crippen molar-refractivity contribution in [3.05, 3.63) is 29.7 Å². The van der Waals surface area contributed by atoms with Gasteiger partial charge in [-0.25, -0.2) is 4.98 Å². The van der Waals surface area contributed by atoms with Crippen LogP contribution in [-0.2, 0) is 11.2 Å². The number of hydrogen-bond donors (Lipinski definition) is 2. The smallest absolute Gasteiger partial charge is 0.237 e. The minimum Gasteiger partial charge on any atom is -0.441 e. The van der Waals surface area contributed by atoms with Gasteiger partial charge in [0.2, 0.25) is 5.91 Å². The summed E-state index contributed by atoms with van der Waals surface area (Å²) in [4.78, 5) is 15.6. The lowest BCUT2D eigenvalue weighted by atomic mass is 10.1. The van der Waals surface area contributed by atoms with Crippen molar-refractivity contribution in [2.45, 2.75) is 19.4 Å². The molecule has 0 aliphatic rings. The first-order valence-corrected chi connectivity index (χ1v) is 5.43. The fourth-order valence-corrected chi connectivity index (χ4v) is 1.75. The van der Waals surface area contributed by atoms with E-state index in [0.717, 1.165) is 16.7 Å². The molecule has 1 aromatic heterocycles. The molecular weight excluding hydrogens is 218 g/mol. The van der Waals surface area contributed by atoms with Crippen LogP contribution < -0.4 is 11.1 Å². The van der Waals surface area contributed by atoms with Crippen molar-refractivity contribution in [1.82, 2.24) is 10.3 Å². The Morgan fingerprint density at radius 3 is 3.06 bits per heavy atom. The van der Waals surface area contributed by atoms with Gasteiger partial charge in [0.25, 0.3) is 0 Å². The van der Waals surface area contributed by atoms with Crippen LogP contribution in [0.2, 0.25) is 0 Å². The molecule has 0 aliphatic carbocycles. The van der Waals surface area contributed by atoms with Gasteiger partial charge in [-0.15, -0.1) is 0 Å². The number of nitrogens with two attached hydrogens (primary N) is 1. The molecule has 2 aromatic rings. The molecule has 0 bridgehead atoms. The lowest BCUT2D eigenvalue weighted by molar-refractivity contribution is -0.121. The molecule has 0 fully saturated rings. The maximum Gasteiger partial charge on any atom is 0.237 e. The number of carbonyl (C=O) groups excluding carboxylic acids is 1. The van der Waals surface area contributed by atoms with Gasteiger partial charge in [0.1, 0.15) is 5.52 Å². The molecule has 0 radical (unpaired) electrons. The molecule has 1 heterocycles. The first-order valence-electron chi connectivity index (χ1n) is 5.43. The second-order valence-corrected chi connectivity index (χ2v) is 3.96. The molecule has 0 aliphatic heterocycles. The SMILES string of the molecule is CNC(=O)C(N)Cc1ccc2oc(C)nc2c1. The Morgan fingerprint density at radius 1 is 1.59 bits per heavy atom. The Labute approximate surface area is 99.0 Å². The van der Waals surface area contributed by atoms with Gasteiger partial charge in [-0.3, -0.25) is 4.79 Å². The standard InChI is InChI=1S/C12H15N3O2/c1-7-15-10-6-8(3-4-11(10)17-7)5-9(13)12(16)14-2/h3-4,6,9H,5,13H2,1-2H3,(H,14,16). The Balaban J connectivity index is 2.21. The second kappa shape index (κ2) is 4.55. The number of nitrogens with one attached hydrogen (secondary N) is 1. The van der Waals surface area contributed by atoms with Crippen molar-refractivity contribution >= 4 is 17.0 Å². The summed E-state index contributed by atoms with van der Waals surface area (Å²) in [6.45, 7) is 1.80. The van der Waals surface area contributed by atoms with E-state index in [1.807, 2.05) is 18.2 Å². The Kier molecular flexibility index (Phi) is 3.10. The summed E-state index contributed by atoms with van der Waals surface area (Å²) in [5.74, 6) is 0.467. The number of aryl methyl sites for hydroxylation is 1. The highest BCUT2D eigenvalue weighted by Crippen LogP contribution is 2.17. The van der Waals surface area contributed by atoms with Crippen molar-refractivity contribution in [1.29, 1.82) is 0 Å². The summed E-state index contributed by atoms with van der Waals surface area (Å²) in [6, 6.07) is 5.11. The number of carbonyl (C=O) groups is 1. The van der Waals surface area contributed by atoms with Gasteiger partial charge in [0.05, 0.1) is 6.04 Å². The lowest BCUT2D eigenvalue weighted by Gasteiger charge is -2.09. The fraction of sp³-hybridized carbons (Fsp3) is 0.333. The van der Waals surface area contributed by atoms with E-state index < -0.39 is 6.04 Å². The van der Waals surface area contributed by atoms with E-state index in [9.17, 15) is 4.79 Å². The zero-order valence-electron chi connectivity index (χ0n) is 9.86. The highest BCUT2D eigenvalue weighted by atomic mass is 16.3. The molecule has 3 N–H and O–H groups in total. The molecule has 2 rings (SSSR count). The number of amides is 1. The van der Waals surface area contributed by atoms with Crippen LogP contribution in [0.4, 0.5) is 0 Å². The average Bonchev–Trinajstić information content (AvgIpc) is 2.67. The molecule has 5 heteroatoms. The number of likely N-dealkylation sites (N-methyl/N-ethyl adjacent to an activating group) is 1. The Bertz CT molecular complexity index is 548. The zero-order valence-corrected chi connectivity index (χ0v) is 9.86. The molecule has 0 saturated heterocycles. The normalized spacial score (nSPS) is 12.6. The highest BCUT2D eigenvalue weighted by molar-refractivity contribution is 5.81. The van der Waals surface area contributed by atoms with E-state index >= 15 is 0 Å². The maximum absolute atomic E-state index is 11.3. The van der Waals surface area contributed by atoms with E-state index in [-0.39, 0.29) is 5.91 Å². The van der Waals surface area contributed by atoms with Gasteiger partial charge in [-0.2, -0.15) is 0 Å². The maximum atomic E-state index is 11.3. The van der Waals surface area contributed by atoms with Gasteiger partial charge >= 0.3 is 0 Å².